The zero-order chi connectivity index (χ0) is 14.8. The molecule has 0 unspecified atom stereocenters. The van der Waals surface area contributed by atoms with Crippen molar-refractivity contribution in [3.8, 4) is 0 Å². The van der Waals surface area contributed by atoms with Crippen molar-refractivity contribution in [2.75, 3.05) is 6.54 Å². The topological polar surface area (TPSA) is 65.1 Å². The van der Waals surface area contributed by atoms with E-state index < -0.39 is 17.4 Å². The summed E-state index contributed by atoms with van der Waals surface area (Å²) in [5, 5.41) is 13.6. The highest BCUT2D eigenvalue weighted by Crippen LogP contribution is 2.33. The predicted octanol–water partition coefficient (Wildman–Crippen LogP) is 2.67. The molecule has 2 aromatic rings. The minimum Gasteiger partial charge on any atom is -0.480 e. The van der Waals surface area contributed by atoms with Gasteiger partial charge in [0.05, 0.1) is 0 Å². The molecule has 0 bridgehead atoms. The molecule has 4 nitrogen and oxygen atoms in total. The van der Waals surface area contributed by atoms with Crippen molar-refractivity contribution >= 4 is 16.9 Å². The van der Waals surface area contributed by atoms with Gasteiger partial charge in [0.1, 0.15) is 6.04 Å². The van der Waals surface area contributed by atoms with Crippen LogP contribution in [0.2, 0.25) is 0 Å². The van der Waals surface area contributed by atoms with E-state index in [4.69, 9.17) is 0 Å². The molecule has 4 heteroatoms. The van der Waals surface area contributed by atoms with Gasteiger partial charge in [-0.05, 0) is 11.6 Å². The fourth-order valence-corrected chi connectivity index (χ4v) is 2.61. The number of carboxylic acids is 1. The van der Waals surface area contributed by atoms with Gasteiger partial charge in [0, 0.05) is 29.1 Å². The van der Waals surface area contributed by atoms with Crippen LogP contribution in [0, 0.1) is 0 Å². The molecule has 0 spiro atoms. The van der Waals surface area contributed by atoms with Crippen LogP contribution < -0.4 is 5.32 Å². The highest BCUT2D eigenvalue weighted by Gasteiger charge is 2.37. The number of fused-ring (bicyclic) bond motifs is 1. The first-order valence-corrected chi connectivity index (χ1v) is 6.62. The fourth-order valence-electron chi connectivity index (χ4n) is 2.61. The molecular formula is C16H20N2O2. The van der Waals surface area contributed by atoms with Crippen molar-refractivity contribution in [1.82, 2.24) is 10.3 Å². The van der Waals surface area contributed by atoms with Crippen LogP contribution in [-0.4, -0.2) is 28.6 Å². The summed E-state index contributed by atoms with van der Waals surface area (Å²) in [6.07, 6.45) is 3.57. The highest BCUT2D eigenvalue weighted by atomic mass is 16.4. The molecule has 3 N–H and O–H groups in total. The zero-order valence-electron chi connectivity index (χ0n) is 11.8. The third-order valence-electron chi connectivity index (χ3n) is 3.72. The van der Waals surface area contributed by atoms with Crippen molar-refractivity contribution in [2.24, 2.45) is 0 Å². The van der Waals surface area contributed by atoms with Crippen molar-refractivity contribution < 1.29 is 9.90 Å². The second-order valence-corrected chi connectivity index (χ2v) is 5.44. The van der Waals surface area contributed by atoms with Crippen molar-refractivity contribution in [1.29, 1.82) is 0 Å². The van der Waals surface area contributed by atoms with Crippen LogP contribution in [0.4, 0.5) is 0 Å². The number of hydrogen-bond donors (Lipinski definition) is 3. The first kappa shape index (κ1) is 14.3. The Morgan fingerprint density at radius 1 is 1.50 bits per heavy atom. The van der Waals surface area contributed by atoms with Crippen LogP contribution in [0.25, 0.3) is 10.9 Å². The first-order valence-electron chi connectivity index (χ1n) is 6.62. The summed E-state index contributed by atoms with van der Waals surface area (Å²) in [6.45, 7) is 7.97. The molecule has 1 aromatic carbocycles. The third-order valence-corrected chi connectivity index (χ3v) is 3.72. The summed E-state index contributed by atoms with van der Waals surface area (Å²) in [7, 11) is 0. The largest absolute Gasteiger partial charge is 0.480 e. The SMILES string of the molecule is C=CCN[C@H](C(=O)O)C(C)(C)c1c[nH]c2ccccc12. The maximum atomic E-state index is 11.6. The lowest BCUT2D eigenvalue weighted by Crippen LogP contribution is -2.50. The predicted molar refractivity (Wildman–Crippen MR) is 80.9 cm³/mol. The van der Waals surface area contributed by atoms with Gasteiger partial charge in [0.25, 0.3) is 0 Å². The van der Waals surface area contributed by atoms with Gasteiger partial charge in [0.2, 0.25) is 0 Å². The molecule has 2 rings (SSSR count). The minimum absolute atomic E-state index is 0.461. The maximum absolute atomic E-state index is 11.6. The van der Waals surface area contributed by atoms with Gasteiger partial charge in [-0.3, -0.25) is 4.79 Å². The van der Waals surface area contributed by atoms with Crippen LogP contribution >= 0.6 is 0 Å². The van der Waals surface area contributed by atoms with Gasteiger partial charge in [-0.25, -0.2) is 0 Å². The van der Waals surface area contributed by atoms with Crippen LogP contribution in [0.1, 0.15) is 19.4 Å². The number of aliphatic carboxylic acids is 1. The van der Waals surface area contributed by atoms with Crippen molar-refractivity contribution in [3.63, 3.8) is 0 Å². The molecule has 20 heavy (non-hydrogen) atoms. The van der Waals surface area contributed by atoms with Gasteiger partial charge in [-0.1, -0.05) is 38.1 Å². The average molecular weight is 272 g/mol. The molecule has 0 aliphatic carbocycles. The number of H-pyrrole nitrogens is 1. The summed E-state index contributed by atoms with van der Waals surface area (Å²) in [5.74, 6) is -0.859. The molecular weight excluding hydrogens is 252 g/mol. The summed E-state index contributed by atoms with van der Waals surface area (Å²) >= 11 is 0. The number of para-hydroxylation sites is 1. The molecule has 0 fully saturated rings. The third kappa shape index (κ3) is 2.47. The number of aromatic amines is 1. The van der Waals surface area contributed by atoms with Crippen molar-refractivity contribution in [2.45, 2.75) is 25.3 Å². The molecule has 1 atom stereocenters. The number of carbonyl (C=O) groups is 1. The van der Waals surface area contributed by atoms with Crippen LogP contribution in [0.5, 0.6) is 0 Å². The van der Waals surface area contributed by atoms with E-state index in [1.807, 2.05) is 44.3 Å². The van der Waals surface area contributed by atoms with E-state index in [2.05, 4.69) is 16.9 Å². The summed E-state index contributed by atoms with van der Waals surface area (Å²) in [6, 6.07) is 7.24. The number of aromatic nitrogens is 1. The minimum atomic E-state index is -0.859. The van der Waals surface area contributed by atoms with Crippen LogP contribution in [0.15, 0.2) is 43.1 Å². The van der Waals surface area contributed by atoms with Crippen LogP contribution in [-0.2, 0) is 10.2 Å². The van der Waals surface area contributed by atoms with E-state index in [1.54, 1.807) is 6.08 Å². The monoisotopic (exact) mass is 272 g/mol. The Hall–Kier alpha value is -2.07. The fraction of sp³-hybridized carbons (Fsp3) is 0.312. The van der Waals surface area contributed by atoms with E-state index in [-0.39, 0.29) is 0 Å². The zero-order valence-corrected chi connectivity index (χ0v) is 11.8. The van der Waals surface area contributed by atoms with Crippen molar-refractivity contribution in [3.05, 3.63) is 48.7 Å². The lowest BCUT2D eigenvalue weighted by molar-refractivity contribution is -0.141. The smallest absolute Gasteiger partial charge is 0.321 e. The Morgan fingerprint density at radius 3 is 2.85 bits per heavy atom. The Balaban J connectivity index is 2.46. The van der Waals surface area contributed by atoms with Gasteiger partial charge < -0.3 is 15.4 Å². The summed E-state index contributed by atoms with van der Waals surface area (Å²) in [5.41, 5.74) is 1.47. The molecule has 0 saturated heterocycles. The Bertz CT molecular complexity index is 628. The number of hydrogen-bond acceptors (Lipinski definition) is 2. The molecule has 0 saturated carbocycles. The molecule has 1 heterocycles. The Morgan fingerprint density at radius 2 is 2.20 bits per heavy atom. The van der Waals surface area contributed by atoms with E-state index in [0.717, 1.165) is 16.5 Å². The number of nitrogens with one attached hydrogen (secondary N) is 2. The van der Waals surface area contributed by atoms with Crippen LogP contribution in [0.3, 0.4) is 0 Å². The quantitative estimate of drug-likeness (QED) is 0.708. The van der Waals surface area contributed by atoms with E-state index >= 15 is 0 Å². The van der Waals surface area contributed by atoms with Gasteiger partial charge in [0.15, 0.2) is 0 Å². The van der Waals surface area contributed by atoms with E-state index in [0.29, 0.717) is 6.54 Å². The highest BCUT2D eigenvalue weighted by molar-refractivity contribution is 5.86. The second kappa shape index (κ2) is 5.51. The van der Waals surface area contributed by atoms with E-state index in [9.17, 15) is 9.90 Å². The summed E-state index contributed by atoms with van der Waals surface area (Å²) in [4.78, 5) is 14.8. The first-order chi connectivity index (χ1) is 9.48. The molecule has 0 radical (unpaired) electrons. The maximum Gasteiger partial charge on any atom is 0.321 e. The normalized spacial score (nSPS) is 13.3. The molecule has 0 aliphatic heterocycles. The number of benzene rings is 1. The number of rotatable bonds is 6. The lowest BCUT2D eigenvalue weighted by atomic mass is 9.77. The van der Waals surface area contributed by atoms with E-state index in [1.165, 1.54) is 0 Å². The van der Waals surface area contributed by atoms with Gasteiger partial charge >= 0.3 is 5.97 Å². The Kier molecular flexibility index (Phi) is 3.95. The standard InChI is InChI=1S/C16H20N2O2/c1-4-9-17-14(15(19)20)16(2,3)12-10-18-13-8-6-5-7-11(12)13/h4-8,10,14,17-18H,1,9H2,2-3H3,(H,19,20)/t14-/m1/s1. The molecule has 0 aliphatic rings. The molecule has 106 valence electrons. The van der Waals surface area contributed by atoms with Gasteiger partial charge in [-0.15, -0.1) is 6.58 Å². The summed E-state index contributed by atoms with van der Waals surface area (Å²) < 4.78 is 0. The average Bonchev–Trinajstić information content (AvgIpc) is 2.83. The molecule has 0 amide bonds. The number of carboxylic acid groups (broad SMARTS) is 1. The Labute approximate surface area is 118 Å². The van der Waals surface area contributed by atoms with Gasteiger partial charge in [-0.2, -0.15) is 0 Å². The lowest BCUT2D eigenvalue weighted by Gasteiger charge is -2.32. The molecule has 1 aromatic heterocycles. The second-order valence-electron chi connectivity index (χ2n) is 5.44.